The molecule has 1 saturated carbocycles. The summed E-state index contributed by atoms with van der Waals surface area (Å²) in [4.78, 5) is 0. The normalized spacial score (nSPS) is 17.8. The number of hydrogen-bond acceptors (Lipinski definition) is 2. The van der Waals surface area contributed by atoms with E-state index in [0.717, 1.165) is 18.4 Å². The Morgan fingerprint density at radius 2 is 2.06 bits per heavy atom. The van der Waals surface area contributed by atoms with Crippen LogP contribution in [0.15, 0.2) is 12.1 Å². The number of benzene rings is 1. The van der Waals surface area contributed by atoms with Crippen molar-refractivity contribution in [2.75, 3.05) is 0 Å². The first-order valence-electron chi connectivity index (χ1n) is 5.31. The van der Waals surface area contributed by atoms with E-state index in [0.29, 0.717) is 12.0 Å². The van der Waals surface area contributed by atoms with Crippen LogP contribution in [0.25, 0.3) is 0 Å². The zero-order valence-corrected chi connectivity index (χ0v) is 9.13. The van der Waals surface area contributed by atoms with Crippen molar-refractivity contribution >= 4 is 0 Å². The fraction of sp³-hybridized carbons (Fsp3) is 0.500. The molecule has 1 aromatic rings. The van der Waals surface area contributed by atoms with Crippen molar-refractivity contribution in [3.05, 3.63) is 28.8 Å². The van der Waals surface area contributed by atoms with E-state index >= 15 is 0 Å². The molecular weight excluding hydrogens is 212 g/mol. The van der Waals surface area contributed by atoms with Gasteiger partial charge in [-0.1, -0.05) is 11.6 Å². The Morgan fingerprint density at radius 1 is 1.44 bits per heavy atom. The summed E-state index contributed by atoms with van der Waals surface area (Å²) in [5.41, 5.74) is 6.61. The molecule has 2 rings (SSSR count). The Bertz CT molecular complexity index is 414. The minimum absolute atomic E-state index is 0.287. The molecule has 0 saturated heterocycles. The van der Waals surface area contributed by atoms with Gasteiger partial charge in [0.2, 0.25) is 0 Å². The van der Waals surface area contributed by atoms with Crippen LogP contribution in [0.5, 0.6) is 5.75 Å². The molecule has 0 atom stereocenters. The molecule has 4 heteroatoms. The van der Waals surface area contributed by atoms with E-state index in [1.54, 1.807) is 13.0 Å². The third kappa shape index (κ3) is 2.16. The van der Waals surface area contributed by atoms with E-state index in [1.807, 2.05) is 0 Å². The number of aromatic hydroxyl groups is 1. The van der Waals surface area contributed by atoms with Gasteiger partial charge in [0.15, 0.2) is 0 Å². The highest BCUT2D eigenvalue weighted by Crippen LogP contribution is 2.40. The molecule has 0 radical (unpaired) electrons. The second-order valence-electron chi connectivity index (χ2n) is 4.70. The summed E-state index contributed by atoms with van der Waals surface area (Å²) in [5, 5.41) is 9.74. The predicted octanol–water partition coefficient (Wildman–Crippen LogP) is 2.67. The molecule has 2 nitrogen and oxygen atoms in total. The molecule has 0 aliphatic heterocycles. The molecule has 0 spiro atoms. The van der Waals surface area contributed by atoms with E-state index < -0.39 is 6.43 Å². The average Bonchev–Trinajstić information content (AvgIpc) is 2.89. The van der Waals surface area contributed by atoms with Crippen molar-refractivity contribution in [3.63, 3.8) is 0 Å². The second-order valence-corrected chi connectivity index (χ2v) is 4.70. The maximum Gasteiger partial charge on any atom is 0.267 e. The third-order valence-electron chi connectivity index (χ3n) is 3.03. The van der Waals surface area contributed by atoms with Crippen molar-refractivity contribution in [2.24, 2.45) is 5.73 Å². The van der Waals surface area contributed by atoms with Gasteiger partial charge >= 0.3 is 0 Å². The topological polar surface area (TPSA) is 46.2 Å². The zero-order valence-electron chi connectivity index (χ0n) is 9.13. The molecule has 1 aromatic carbocycles. The molecule has 1 fully saturated rings. The van der Waals surface area contributed by atoms with Gasteiger partial charge in [0.05, 0.1) is 5.56 Å². The van der Waals surface area contributed by atoms with Gasteiger partial charge in [-0.25, -0.2) is 8.78 Å². The van der Waals surface area contributed by atoms with Crippen molar-refractivity contribution in [1.29, 1.82) is 0 Å². The predicted molar refractivity (Wildman–Crippen MR) is 57.7 cm³/mol. The average molecular weight is 227 g/mol. The minimum Gasteiger partial charge on any atom is -0.507 e. The van der Waals surface area contributed by atoms with Crippen molar-refractivity contribution in [2.45, 2.75) is 38.2 Å². The largest absolute Gasteiger partial charge is 0.507 e. The Morgan fingerprint density at radius 3 is 2.56 bits per heavy atom. The van der Waals surface area contributed by atoms with Crippen LogP contribution in [-0.4, -0.2) is 10.6 Å². The van der Waals surface area contributed by atoms with Crippen LogP contribution in [0, 0.1) is 6.92 Å². The number of phenols is 1. The van der Waals surface area contributed by atoms with Crippen molar-refractivity contribution in [3.8, 4) is 5.75 Å². The van der Waals surface area contributed by atoms with Crippen LogP contribution < -0.4 is 5.73 Å². The molecule has 0 amide bonds. The number of phenolic OH excluding ortho intramolecular Hbond substituents is 1. The van der Waals surface area contributed by atoms with E-state index in [9.17, 15) is 13.9 Å². The maximum absolute atomic E-state index is 12.6. The van der Waals surface area contributed by atoms with Crippen LogP contribution in [0.4, 0.5) is 8.78 Å². The minimum atomic E-state index is -2.65. The van der Waals surface area contributed by atoms with Gasteiger partial charge in [-0.15, -0.1) is 0 Å². The third-order valence-corrected chi connectivity index (χ3v) is 3.03. The summed E-state index contributed by atoms with van der Waals surface area (Å²) in [6.45, 7) is 1.74. The number of hydrogen-bond donors (Lipinski definition) is 2. The van der Waals surface area contributed by atoms with Crippen LogP contribution in [-0.2, 0) is 6.42 Å². The number of aryl methyl sites for hydroxylation is 1. The Balaban J connectivity index is 2.36. The lowest BCUT2D eigenvalue weighted by atomic mass is 9.98. The highest BCUT2D eigenvalue weighted by Gasteiger charge is 2.39. The molecule has 0 unspecified atom stereocenters. The summed E-state index contributed by atoms with van der Waals surface area (Å²) < 4.78 is 25.3. The van der Waals surface area contributed by atoms with E-state index in [-0.39, 0.29) is 16.9 Å². The number of alkyl halides is 2. The first-order valence-corrected chi connectivity index (χ1v) is 5.31. The van der Waals surface area contributed by atoms with Crippen LogP contribution in [0.3, 0.4) is 0 Å². The van der Waals surface area contributed by atoms with E-state index in [1.165, 1.54) is 6.07 Å². The monoisotopic (exact) mass is 227 g/mol. The Kier molecular flexibility index (Phi) is 2.62. The lowest BCUT2D eigenvalue weighted by Gasteiger charge is -2.14. The highest BCUT2D eigenvalue weighted by atomic mass is 19.3. The quantitative estimate of drug-likeness (QED) is 0.833. The zero-order chi connectivity index (χ0) is 11.9. The first-order chi connectivity index (χ1) is 7.41. The Labute approximate surface area is 93.1 Å². The van der Waals surface area contributed by atoms with Gasteiger partial charge in [-0.2, -0.15) is 0 Å². The van der Waals surface area contributed by atoms with Crippen LogP contribution >= 0.6 is 0 Å². The number of nitrogens with two attached hydrogens (primary N) is 1. The molecule has 0 heterocycles. The molecule has 1 aliphatic carbocycles. The molecule has 0 bridgehead atoms. The molecular formula is C12H15F2NO. The summed E-state index contributed by atoms with van der Waals surface area (Å²) in [5.74, 6) is -0.294. The van der Waals surface area contributed by atoms with E-state index in [2.05, 4.69) is 0 Å². The summed E-state index contributed by atoms with van der Waals surface area (Å²) >= 11 is 0. The van der Waals surface area contributed by atoms with Gasteiger partial charge in [0.1, 0.15) is 5.75 Å². The molecule has 3 N–H and O–H groups in total. The first kappa shape index (κ1) is 11.3. The molecule has 0 aromatic heterocycles. The van der Waals surface area contributed by atoms with Gasteiger partial charge in [0, 0.05) is 5.54 Å². The van der Waals surface area contributed by atoms with Crippen molar-refractivity contribution < 1.29 is 13.9 Å². The van der Waals surface area contributed by atoms with Gasteiger partial charge in [-0.05, 0) is 37.8 Å². The lowest BCUT2D eigenvalue weighted by molar-refractivity contribution is 0.147. The lowest BCUT2D eigenvalue weighted by Crippen LogP contribution is -2.24. The SMILES string of the molecule is Cc1cc(CC2(N)CC2)c(O)c(C(F)F)c1. The Hall–Kier alpha value is -1.16. The standard InChI is InChI=1S/C12H15F2NO/c1-7-4-8(6-12(15)2-3-12)10(16)9(5-7)11(13)14/h4-5,11,16H,2-3,6,15H2,1H3. The summed E-state index contributed by atoms with van der Waals surface area (Å²) in [6, 6.07) is 3.05. The smallest absolute Gasteiger partial charge is 0.267 e. The fourth-order valence-corrected chi connectivity index (χ4v) is 1.90. The highest BCUT2D eigenvalue weighted by molar-refractivity contribution is 5.45. The summed E-state index contributed by atoms with van der Waals surface area (Å²) in [7, 11) is 0. The van der Waals surface area contributed by atoms with Gasteiger partial charge in [0.25, 0.3) is 6.43 Å². The second kappa shape index (κ2) is 3.70. The van der Waals surface area contributed by atoms with Crippen LogP contribution in [0.2, 0.25) is 0 Å². The number of halogens is 2. The molecule has 88 valence electrons. The van der Waals surface area contributed by atoms with Gasteiger partial charge < -0.3 is 10.8 Å². The molecule has 1 aliphatic rings. The maximum atomic E-state index is 12.6. The summed E-state index contributed by atoms with van der Waals surface area (Å²) in [6.07, 6.45) is -0.388. The number of rotatable bonds is 3. The van der Waals surface area contributed by atoms with Gasteiger partial charge in [-0.3, -0.25) is 0 Å². The fourth-order valence-electron chi connectivity index (χ4n) is 1.90. The van der Waals surface area contributed by atoms with E-state index in [4.69, 9.17) is 5.73 Å². The molecule has 16 heavy (non-hydrogen) atoms. The van der Waals surface area contributed by atoms with Crippen LogP contribution in [0.1, 0.15) is 36.0 Å². The van der Waals surface area contributed by atoms with Crippen molar-refractivity contribution in [1.82, 2.24) is 0 Å².